The second kappa shape index (κ2) is 6.06. The smallest absolute Gasteiger partial charge is 0.256 e. The van der Waals surface area contributed by atoms with Crippen molar-refractivity contribution in [2.75, 3.05) is 14.2 Å². The van der Waals surface area contributed by atoms with E-state index in [4.69, 9.17) is 9.47 Å². The highest BCUT2D eigenvalue weighted by atomic mass is 16.8. The van der Waals surface area contributed by atoms with E-state index in [-0.39, 0.29) is 6.10 Å². The van der Waals surface area contributed by atoms with Crippen LogP contribution >= 0.6 is 0 Å². The monoisotopic (exact) mass is 163 g/mol. The largest absolute Gasteiger partial charge is 0.375 e. The first-order valence-electron chi connectivity index (χ1n) is 3.34. The molecule has 0 rings (SSSR count). The fourth-order valence-corrected chi connectivity index (χ4v) is 0.775. The number of hydrogen-bond acceptors (Lipinski definition) is 5. The molecular formula is C6H13NO4. The van der Waals surface area contributed by atoms with Crippen molar-refractivity contribution in [2.24, 2.45) is 5.34 Å². The van der Waals surface area contributed by atoms with Crippen molar-refractivity contribution in [3.63, 3.8) is 0 Å². The first-order chi connectivity index (χ1) is 5.29. The molecule has 0 aromatic carbocycles. The highest BCUT2D eigenvalue weighted by Gasteiger charge is 2.20. The molecule has 0 fully saturated rings. The summed E-state index contributed by atoms with van der Waals surface area (Å²) in [5.41, 5.74) is 0. The average Bonchev–Trinajstić information content (AvgIpc) is 2.05. The Bertz CT molecular complexity index is 105. The summed E-state index contributed by atoms with van der Waals surface area (Å²) in [7, 11) is 2.95. The second-order valence-corrected chi connectivity index (χ2v) is 1.97. The molecule has 0 aromatic heterocycles. The Kier molecular flexibility index (Phi) is 5.68. The summed E-state index contributed by atoms with van der Waals surface area (Å²) < 4.78 is 9.75. The van der Waals surface area contributed by atoms with Gasteiger partial charge in [0.1, 0.15) is 6.10 Å². The summed E-state index contributed by atoms with van der Waals surface area (Å²) in [4.78, 5) is 14.1. The molecule has 0 aliphatic rings. The Morgan fingerprint density at radius 1 is 1.36 bits per heavy atom. The molecule has 0 aliphatic heterocycles. The van der Waals surface area contributed by atoms with Crippen molar-refractivity contribution >= 4 is 0 Å². The van der Waals surface area contributed by atoms with Crippen LogP contribution in [0.1, 0.15) is 13.3 Å². The SMILES string of the molecule is CCC(OC)C(OC)ON=O. The quantitative estimate of drug-likeness (QED) is 0.334. The first kappa shape index (κ1) is 10.3. The Hall–Kier alpha value is -0.680. The Morgan fingerprint density at radius 3 is 2.27 bits per heavy atom. The number of methoxy groups -OCH3 is 2. The van der Waals surface area contributed by atoms with Gasteiger partial charge in [0.05, 0.1) is 0 Å². The van der Waals surface area contributed by atoms with Crippen LogP contribution in [-0.4, -0.2) is 26.6 Å². The summed E-state index contributed by atoms with van der Waals surface area (Å²) in [6.45, 7) is 1.90. The molecule has 0 radical (unpaired) electrons. The molecule has 0 saturated heterocycles. The van der Waals surface area contributed by atoms with E-state index in [0.29, 0.717) is 6.42 Å². The van der Waals surface area contributed by atoms with Crippen molar-refractivity contribution in [3.05, 3.63) is 4.91 Å². The minimum atomic E-state index is -0.706. The van der Waals surface area contributed by atoms with Gasteiger partial charge >= 0.3 is 0 Å². The van der Waals surface area contributed by atoms with Gasteiger partial charge in [0.25, 0.3) is 6.29 Å². The lowest BCUT2D eigenvalue weighted by Gasteiger charge is -2.19. The van der Waals surface area contributed by atoms with Crippen molar-refractivity contribution in [2.45, 2.75) is 25.7 Å². The van der Waals surface area contributed by atoms with Crippen molar-refractivity contribution < 1.29 is 14.3 Å². The number of nitrogens with zero attached hydrogens (tertiary/aromatic N) is 1. The zero-order chi connectivity index (χ0) is 8.69. The summed E-state index contributed by atoms with van der Waals surface area (Å²) in [6, 6.07) is 0. The van der Waals surface area contributed by atoms with E-state index in [1.807, 2.05) is 6.92 Å². The molecule has 0 spiro atoms. The normalized spacial score (nSPS) is 15.5. The molecule has 5 nitrogen and oxygen atoms in total. The molecule has 0 amide bonds. The lowest BCUT2D eigenvalue weighted by molar-refractivity contribution is -0.189. The van der Waals surface area contributed by atoms with Crippen LogP contribution in [0.25, 0.3) is 0 Å². The van der Waals surface area contributed by atoms with Crippen LogP contribution in [0.4, 0.5) is 0 Å². The maximum absolute atomic E-state index is 9.70. The number of hydrogen-bond donors (Lipinski definition) is 0. The van der Waals surface area contributed by atoms with Crippen molar-refractivity contribution in [1.29, 1.82) is 0 Å². The predicted octanol–water partition coefficient (Wildman–Crippen LogP) is 1.08. The van der Waals surface area contributed by atoms with E-state index in [2.05, 4.69) is 10.2 Å². The van der Waals surface area contributed by atoms with Gasteiger partial charge in [0.2, 0.25) is 0 Å². The standard InChI is InChI=1S/C6H13NO4/c1-4-5(9-2)6(10-3)11-7-8/h5-6H,4H2,1-3H3. The minimum Gasteiger partial charge on any atom is -0.375 e. The van der Waals surface area contributed by atoms with Crippen LogP contribution in [0.15, 0.2) is 5.34 Å². The zero-order valence-corrected chi connectivity index (χ0v) is 6.94. The number of rotatable bonds is 6. The van der Waals surface area contributed by atoms with Crippen LogP contribution in [0.5, 0.6) is 0 Å². The van der Waals surface area contributed by atoms with E-state index in [1.165, 1.54) is 14.2 Å². The van der Waals surface area contributed by atoms with Gasteiger partial charge in [-0.25, -0.2) is 0 Å². The molecular weight excluding hydrogens is 150 g/mol. The highest BCUT2D eigenvalue weighted by molar-refractivity contribution is 4.57. The molecule has 11 heavy (non-hydrogen) atoms. The molecule has 2 atom stereocenters. The van der Waals surface area contributed by atoms with E-state index >= 15 is 0 Å². The Morgan fingerprint density at radius 2 is 2.00 bits per heavy atom. The van der Waals surface area contributed by atoms with Crippen molar-refractivity contribution in [1.82, 2.24) is 0 Å². The van der Waals surface area contributed by atoms with Gasteiger partial charge in [-0.05, 0) is 6.42 Å². The minimum absolute atomic E-state index is 0.252. The van der Waals surface area contributed by atoms with Gasteiger partial charge < -0.3 is 14.3 Å². The summed E-state index contributed by atoms with van der Waals surface area (Å²) in [5, 5.41) is 2.27. The summed E-state index contributed by atoms with van der Waals surface area (Å²) in [6.07, 6.45) is -0.259. The molecule has 5 heteroatoms. The molecule has 66 valence electrons. The predicted molar refractivity (Wildman–Crippen MR) is 38.8 cm³/mol. The Labute approximate surface area is 65.6 Å². The van der Waals surface area contributed by atoms with Crippen LogP contribution in [0.2, 0.25) is 0 Å². The second-order valence-electron chi connectivity index (χ2n) is 1.97. The van der Waals surface area contributed by atoms with E-state index < -0.39 is 6.29 Å². The summed E-state index contributed by atoms with van der Waals surface area (Å²) >= 11 is 0. The third-order valence-corrected chi connectivity index (χ3v) is 1.39. The lowest BCUT2D eigenvalue weighted by atomic mass is 10.3. The lowest BCUT2D eigenvalue weighted by Crippen LogP contribution is -2.30. The molecule has 0 aromatic rings. The fraction of sp³-hybridized carbons (Fsp3) is 1.00. The first-order valence-corrected chi connectivity index (χ1v) is 3.34. The highest BCUT2D eigenvalue weighted by Crippen LogP contribution is 2.07. The maximum Gasteiger partial charge on any atom is 0.256 e. The number of ether oxygens (including phenoxy) is 2. The van der Waals surface area contributed by atoms with Gasteiger partial charge in [-0.2, -0.15) is 0 Å². The van der Waals surface area contributed by atoms with Gasteiger partial charge in [-0.15, -0.1) is 4.91 Å². The maximum atomic E-state index is 9.70. The van der Waals surface area contributed by atoms with Gasteiger partial charge in [0, 0.05) is 14.2 Å². The average molecular weight is 163 g/mol. The Balaban J connectivity index is 3.85. The van der Waals surface area contributed by atoms with Crippen LogP contribution in [0, 0.1) is 4.91 Å². The zero-order valence-electron chi connectivity index (χ0n) is 6.94. The molecule has 2 unspecified atom stereocenters. The van der Waals surface area contributed by atoms with E-state index in [1.54, 1.807) is 0 Å². The molecule has 0 bridgehead atoms. The van der Waals surface area contributed by atoms with Crippen LogP contribution in [-0.2, 0) is 14.3 Å². The fourth-order valence-electron chi connectivity index (χ4n) is 0.775. The van der Waals surface area contributed by atoms with E-state index in [9.17, 15) is 4.91 Å². The molecule has 0 N–H and O–H groups in total. The molecule has 0 heterocycles. The van der Waals surface area contributed by atoms with Crippen LogP contribution in [0.3, 0.4) is 0 Å². The third kappa shape index (κ3) is 3.29. The van der Waals surface area contributed by atoms with E-state index in [0.717, 1.165) is 0 Å². The van der Waals surface area contributed by atoms with Gasteiger partial charge in [-0.3, -0.25) is 0 Å². The van der Waals surface area contributed by atoms with Gasteiger partial charge in [0.15, 0.2) is 5.34 Å². The van der Waals surface area contributed by atoms with Gasteiger partial charge in [-0.1, -0.05) is 6.92 Å². The van der Waals surface area contributed by atoms with Crippen molar-refractivity contribution in [3.8, 4) is 0 Å². The third-order valence-electron chi connectivity index (χ3n) is 1.39. The molecule has 0 aliphatic carbocycles. The summed E-state index contributed by atoms with van der Waals surface area (Å²) in [5.74, 6) is 0. The van der Waals surface area contributed by atoms with Crippen LogP contribution < -0.4 is 0 Å². The topological polar surface area (TPSA) is 57.1 Å². The molecule has 0 saturated carbocycles.